The van der Waals surface area contributed by atoms with Crippen LogP contribution in [0.4, 0.5) is 0 Å². The van der Waals surface area contributed by atoms with Crippen LogP contribution in [0.25, 0.3) is 0 Å². The minimum atomic E-state index is -0.655. The molecule has 0 spiro atoms. The molecule has 0 unspecified atom stereocenters. The van der Waals surface area contributed by atoms with Crippen molar-refractivity contribution in [3.05, 3.63) is 0 Å². The van der Waals surface area contributed by atoms with Crippen molar-refractivity contribution in [2.45, 2.75) is 57.8 Å². The van der Waals surface area contributed by atoms with Crippen LogP contribution in [0.2, 0.25) is 0 Å². The van der Waals surface area contributed by atoms with Crippen LogP contribution in [0.5, 0.6) is 0 Å². The molecule has 1 rings (SSSR count). The van der Waals surface area contributed by atoms with Gasteiger partial charge in [-0.1, -0.05) is 19.3 Å². The Morgan fingerprint density at radius 3 is 2.13 bits per heavy atom. The highest BCUT2D eigenvalue weighted by atomic mass is 16.7. The lowest BCUT2D eigenvalue weighted by atomic mass is 9.95. The molecule has 1 aliphatic rings. The summed E-state index contributed by atoms with van der Waals surface area (Å²) in [5.74, 6) is -0.655. The minimum absolute atomic E-state index is 0.475. The Labute approximate surface area is 92.9 Å². The molecular formula is C12H23NO2. The first kappa shape index (κ1) is 12.7. The van der Waals surface area contributed by atoms with Gasteiger partial charge in [0, 0.05) is 14.2 Å². The van der Waals surface area contributed by atoms with Crippen LogP contribution < -0.4 is 0 Å². The minimum Gasteiger partial charge on any atom is -0.349 e. The maximum absolute atomic E-state index is 5.34. The van der Waals surface area contributed by atoms with Gasteiger partial charge in [0.15, 0.2) is 0 Å². The molecule has 1 fully saturated rings. The summed E-state index contributed by atoms with van der Waals surface area (Å²) in [4.78, 5) is 4.72. The summed E-state index contributed by atoms with van der Waals surface area (Å²) < 4.78 is 10.7. The molecular weight excluding hydrogens is 190 g/mol. The predicted molar refractivity (Wildman–Crippen MR) is 62.4 cm³/mol. The SMILES string of the molecule is COC(C)(OC)C(C)=NC1CCCCC1. The number of hydrogen-bond acceptors (Lipinski definition) is 3. The average molecular weight is 213 g/mol. The van der Waals surface area contributed by atoms with Crippen molar-refractivity contribution < 1.29 is 9.47 Å². The second kappa shape index (κ2) is 5.61. The lowest BCUT2D eigenvalue weighted by Gasteiger charge is -2.28. The number of hydrogen-bond donors (Lipinski definition) is 0. The van der Waals surface area contributed by atoms with Crippen LogP contribution in [-0.2, 0) is 9.47 Å². The molecule has 0 atom stereocenters. The molecule has 0 heterocycles. The molecule has 0 saturated heterocycles. The van der Waals surface area contributed by atoms with E-state index in [4.69, 9.17) is 14.5 Å². The van der Waals surface area contributed by atoms with Gasteiger partial charge in [0.2, 0.25) is 5.79 Å². The molecule has 0 aliphatic heterocycles. The number of aliphatic imine (C=N–C) groups is 1. The Balaban J connectivity index is 2.63. The van der Waals surface area contributed by atoms with Gasteiger partial charge in [-0.25, -0.2) is 0 Å². The predicted octanol–water partition coefficient (Wildman–Crippen LogP) is 2.79. The molecule has 0 aromatic heterocycles. The van der Waals surface area contributed by atoms with Crippen LogP contribution in [0, 0.1) is 0 Å². The second-order valence-electron chi connectivity index (χ2n) is 4.36. The van der Waals surface area contributed by atoms with Crippen LogP contribution in [0.3, 0.4) is 0 Å². The third-order valence-electron chi connectivity index (χ3n) is 3.39. The summed E-state index contributed by atoms with van der Waals surface area (Å²) in [5.41, 5.74) is 0.944. The molecule has 1 saturated carbocycles. The largest absolute Gasteiger partial charge is 0.349 e. The molecule has 88 valence electrons. The zero-order valence-electron chi connectivity index (χ0n) is 10.4. The van der Waals surface area contributed by atoms with Crippen molar-refractivity contribution in [3.63, 3.8) is 0 Å². The molecule has 0 radical (unpaired) electrons. The number of methoxy groups -OCH3 is 2. The number of ether oxygens (including phenoxy) is 2. The molecule has 0 N–H and O–H groups in total. The maximum Gasteiger partial charge on any atom is 0.204 e. The van der Waals surface area contributed by atoms with E-state index in [9.17, 15) is 0 Å². The van der Waals surface area contributed by atoms with E-state index in [0.717, 1.165) is 5.71 Å². The fourth-order valence-electron chi connectivity index (χ4n) is 1.98. The Hall–Kier alpha value is -0.410. The summed E-state index contributed by atoms with van der Waals surface area (Å²) in [6, 6.07) is 0.475. The van der Waals surface area contributed by atoms with Crippen molar-refractivity contribution in [2.24, 2.45) is 4.99 Å². The van der Waals surface area contributed by atoms with Gasteiger partial charge in [-0.15, -0.1) is 0 Å². The van der Waals surface area contributed by atoms with Crippen molar-refractivity contribution in [1.82, 2.24) is 0 Å². The van der Waals surface area contributed by atoms with Gasteiger partial charge in [0.1, 0.15) is 0 Å². The third kappa shape index (κ3) is 3.28. The van der Waals surface area contributed by atoms with Gasteiger partial charge in [0.05, 0.1) is 11.8 Å². The Bertz CT molecular complexity index is 216. The topological polar surface area (TPSA) is 30.8 Å². The number of rotatable bonds is 4. The van der Waals surface area contributed by atoms with E-state index < -0.39 is 5.79 Å². The summed E-state index contributed by atoms with van der Waals surface area (Å²) in [5, 5.41) is 0. The van der Waals surface area contributed by atoms with Gasteiger partial charge >= 0.3 is 0 Å². The summed E-state index contributed by atoms with van der Waals surface area (Å²) in [7, 11) is 3.31. The van der Waals surface area contributed by atoms with Gasteiger partial charge in [-0.3, -0.25) is 4.99 Å². The van der Waals surface area contributed by atoms with E-state index in [1.807, 2.05) is 13.8 Å². The van der Waals surface area contributed by atoms with Crippen molar-refractivity contribution in [3.8, 4) is 0 Å². The van der Waals surface area contributed by atoms with Gasteiger partial charge in [-0.2, -0.15) is 0 Å². The fourth-order valence-corrected chi connectivity index (χ4v) is 1.98. The molecule has 1 aliphatic carbocycles. The third-order valence-corrected chi connectivity index (χ3v) is 3.39. The molecule has 15 heavy (non-hydrogen) atoms. The first-order valence-electron chi connectivity index (χ1n) is 5.77. The van der Waals surface area contributed by atoms with E-state index in [1.54, 1.807) is 14.2 Å². The van der Waals surface area contributed by atoms with Gasteiger partial charge in [-0.05, 0) is 26.7 Å². The van der Waals surface area contributed by atoms with E-state index in [-0.39, 0.29) is 0 Å². The molecule has 3 nitrogen and oxygen atoms in total. The molecule has 0 bridgehead atoms. The van der Waals surface area contributed by atoms with E-state index in [1.165, 1.54) is 32.1 Å². The quantitative estimate of drug-likeness (QED) is 0.531. The zero-order chi connectivity index (χ0) is 11.3. The van der Waals surface area contributed by atoms with E-state index >= 15 is 0 Å². The lowest BCUT2D eigenvalue weighted by molar-refractivity contribution is -0.140. The van der Waals surface area contributed by atoms with Crippen molar-refractivity contribution in [1.29, 1.82) is 0 Å². The Kier molecular flexibility index (Phi) is 4.74. The molecule has 0 aromatic carbocycles. The Morgan fingerprint density at radius 2 is 1.67 bits per heavy atom. The molecule has 0 aromatic rings. The van der Waals surface area contributed by atoms with Gasteiger partial charge in [0.25, 0.3) is 0 Å². The van der Waals surface area contributed by atoms with Crippen LogP contribution in [-0.4, -0.2) is 31.8 Å². The highest BCUT2D eigenvalue weighted by Crippen LogP contribution is 2.22. The first-order valence-corrected chi connectivity index (χ1v) is 5.77. The van der Waals surface area contributed by atoms with E-state index in [0.29, 0.717) is 6.04 Å². The van der Waals surface area contributed by atoms with Crippen LogP contribution in [0.15, 0.2) is 4.99 Å². The maximum atomic E-state index is 5.34. The zero-order valence-corrected chi connectivity index (χ0v) is 10.4. The highest BCUT2D eigenvalue weighted by Gasteiger charge is 2.27. The second-order valence-corrected chi connectivity index (χ2v) is 4.36. The normalized spacial score (nSPS) is 20.7. The lowest BCUT2D eigenvalue weighted by Crippen LogP contribution is -2.38. The smallest absolute Gasteiger partial charge is 0.204 e. The fraction of sp³-hybridized carbons (Fsp3) is 0.917. The average Bonchev–Trinajstić information content (AvgIpc) is 2.29. The number of nitrogens with zero attached hydrogens (tertiary/aromatic N) is 1. The van der Waals surface area contributed by atoms with Crippen LogP contribution in [0.1, 0.15) is 46.0 Å². The highest BCUT2D eigenvalue weighted by molar-refractivity contribution is 5.88. The summed E-state index contributed by atoms with van der Waals surface area (Å²) in [6.45, 7) is 3.90. The molecule has 0 amide bonds. The van der Waals surface area contributed by atoms with Crippen molar-refractivity contribution in [2.75, 3.05) is 14.2 Å². The van der Waals surface area contributed by atoms with Crippen LogP contribution >= 0.6 is 0 Å². The first-order chi connectivity index (χ1) is 7.12. The summed E-state index contributed by atoms with van der Waals surface area (Å²) >= 11 is 0. The Morgan fingerprint density at radius 1 is 1.13 bits per heavy atom. The summed E-state index contributed by atoms with van der Waals surface area (Å²) in [6.07, 6.45) is 6.38. The monoisotopic (exact) mass is 213 g/mol. The van der Waals surface area contributed by atoms with Gasteiger partial charge < -0.3 is 9.47 Å². The van der Waals surface area contributed by atoms with E-state index in [2.05, 4.69) is 0 Å². The standard InChI is InChI=1S/C12H23NO2/c1-10(12(2,14-3)15-4)13-11-8-6-5-7-9-11/h11H,5-9H2,1-4H3. The molecule has 3 heteroatoms. The van der Waals surface area contributed by atoms with Crippen molar-refractivity contribution >= 4 is 5.71 Å².